The minimum Gasteiger partial charge on any atom is -0.352 e. The molecular weight excluding hydrogens is 340 g/mol. The Kier molecular flexibility index (Phi) is 8.07. The van der Waals surface area contributed by atoms with Crippen LogP contribution in [0.25, 0.3) is 0 Å². The number of hydrogen-bond acceptors (Lipinski definition) is 3. The van der Waals surface area contributed by atoms with Gasteiger partial charge in [-0.25, -0.2) is 8.78 Å². The fourth-order valence-corrected chi connectivity index (χ4v) is 2.56. The number of benzene rings is 1. The van der Waals surface area contributed by atoms with Crippen LogP contribution in [0.3, 0.4) is 0 Å². The Morgan fingerprint density at radius 1 is 1.38 bits per heavy atom. The molecule has 0 spiro atoms. The maximum absolute atomic E-state index is 13.4. The maximum Gasteiger partial charge on any atom is 0.254 e. The zero-order chi connectivity index (χ0) is 16.8. The highest BCUT2D eigenvalue weighted by Crippen LogP contribution is 2.10. The molecular formula is C16H22ClF2N3O2. The molecule has 0 radical (unpaired) electrons. The average molecular weight is 362 g/mol. The average Bonchev–Trinajstić information content (AvgIpc) is 3.04. The van der Waals surface area contributed by atoms with E-state index >= 15 is 0 Å². The van der Waals surface area contributed by atoms with E-state index in [9.17, 15) is 18.4 Å². The van der Waals surface area contributed by atoms with Crippen molar-refractivity contribution in [1.29, 1.82) is 0 Å². The summed E-state index contributed by atoms with van der Waals surface area (Å²) in [5.41, 5.74) is -0.202. The van der Waals surface area contributed by atoms with Crippen LogP contribution in [0.5, 0.6) is 0 Å². The van der Waals surface area contributed by atoms with Crippen LogP contribution in [0, 0.1) is 11.6 Å². The molecule has 1 aromatic carbocycles. The molecule has 8 heteroatoms. The van der Waals surface area contributed by atoms with E-state index in [4.69, 9.17) is 0 Å². The van der Waals surface area contributed by atoms with E-state index in [-0.39, 0.29) is 36.5 Å². The Labute approximate surface area is 146 Å². The van der Waals surface area contributed by atoms with Crippen LogP contribution in [0.2, 0.25) is 0 Å². The van der Waals surface area contributed by atoms with Gasteiger partial charge >= 0.3 is 0 Å². The molecule has 134 valence electrons. The molecule has 1 unspecified atom stereocenters. The minimum absolute atomic E-state index is 0. The molecule has 1 aliphatic heterocycles. The van der Waals surface area contributed by atoms with Gasteiger partial charge < -0.3 is 15.5 Å². The molecule has 0 aliphatic carbocycles. The number of carbonyl (C=O) groups is 2. The lowest BCUT2D eigenvalue weighted by molar-refractivity contribution is -0.131. The van der Waals surface area contributed by atoms with Gasteiger partial charge in [-0.15, -0.1) is 12.4 Å². The SMILES string of the molecule is CN(C(=O)CCCNC(=O)c1ccc(F)cc1F)C1CCNC1.Cl. The lowest BCUT2D eigenvalue weighted by atomic mass is 10.2. The van der Waals surface area contributed by atoms with Gasteiger partial charge in [-0.1, -0.05) is 0 Å². The molecule has 0 saturated carbocycles. The number of hydrogen-bond donors (Lipinski definition) is 2. The van der Waals surface area contributed by atoms with Crippen LogP contribution in [0.4, 0.5) is 8.78 Å². The number of halogens is 3. The van der Waals surface area contributed by atoms with Gasteiger partial charge in [0.05, 0.1) is 5.56 Å². The van der Waals surface area contributed by atoms with Crippen LogP contribution in [0.1, 0.15) is 29.6 Å². The van der Waals surface area contributed by atoms with Crippen molar-refractivity contribution in [2.75, 3.05) is 26.7 Å². The number of rotatable bonds is 6. The third kappa shape index (κ3) is 5.42. The van der Waals surface area contributed by atoms with E-state index in [2.05, 4.69) is 10.6 Å². The number of likely N-dealkylation sites (N-methyl/N-ethyl adjacent to an activating group) is 1. The molecule has 2 amide bonds. The van der Waals surface area contributed by atoms with E-state index in [0.717, 1.165) is 31.6 Å². The van der Waals surface area contributed by atoms with Crippen LogP contribution < -0.4 is 10.6 Å². The monoisotopic (exact) mass is 361 g/mol. The Hall–Kier alpha value is -1.73. The highest BCUT2D eigenvalue weighted by atomic mass is 35.5. The van der Waals surface area contributed by atoms with Crippen molar-refractivity contribution in [1.82, 2.24) is 15.5 Å². The fraction of sp³-hybridized carbons (Fsp3) is 0.500. The summed E-state index contributed by atoms with van der Waals surface area (Å²) in [6.07, 6.45) is 1.74. The summed E-state index contributed by atoms with van der Waals surface area (Å²) in [5.74, 6) is -2.20. The Bertz CT molecular complexity index is 580. The van der Waals surface area contributed by atoms with Crippen LogP contribution in [0.15, 0.2) is 18.2 Å². The number of nitrogens with zero attached hydrogens (tertiary/aromatic N) is 1. The third-order valence-corrected chi connectivity index (χ3v) is 4.00. The highest BCUT2D eigenvalue weighted by Gasteiger charge is 2.22. The summed E-state index contributed by atoms with van der Waals surface area (Å²) in [6.45, 7) is 1.99. The number of nitrogens with one attached hydrogen (secondary N) is 2. The predicted molar refractivity (Wildman–Crippen MR) is 89.2 cm³/mol. The van der Waals surface area contributed by atoms with Crippen molar-refractivity contribution >= 4 is 24.2 Å². The summed E-state index contributed by atoms with van der Waals surface area (Å²) < 4.78 is 26.2. The summed E-state index contributed by atoms with van der Waals surface area (Å²) in [5, 5.41) is 5.74. The molecule has 1 atom stereocenters. The van der Waals surface area contributed by atoms with E-state index in [1.807, 2.05) is 0 Å². The lowest BCUT2D eigenvalue weighted by Gasteiger charge is -2.23. The number of amides is 2. The molecule has 2 rings (SSSR count). The van der Waals surface area contributed by atoms with Crippen LogP contribution in [-0.4, -0.2) is 49.4 Å². The molecule has 1 heterocycles. The highest BCUT2D eigenvalue weighted by molar-refractivity contribution is 5.94. The molecule has 0 aromatic heterocycles. The largest absolute Gasteiger partial charge is 0.352 e. The predicted octanol–water partition coefficient (Wildman–Crippen LogP) is 1.72. The van der Waals surface area contributed by atoms with E-state index in [1.54, 1.807) is 11.9 Å². The first-order valence-electron chi connectivity index (χ1n) is 7.68. The van der Waals surface area contributed by atoms with Crippen molar-refractivity contribution in [3.63, 3.8) is 0 Å². The number of carbonyl (C=O) groups excluding carboxylic acids is 2. The summed E-state index contributed by atoms with van der Waals surface area (Å²) in [7, 11) is 1.78. The minimum atomic E-state index is -0.896. The van der Waals surface area contributed by atoms with Gasteiger partial charge in [0.2, 0.25) is 5.91 Å². The van der Waals surface area contributed by atoms with Gasteiger partial charge in [-0.05, 0) is 31.5 Å². The Morgan fingerprint density at radius 2 is 2.12 bits per heavy atom. The van der Waals surface area contributed by atoms with Crippen molar-refractivity contribution in [2.24, 2.45) is 0 Å². The first-order valence-corrected chi connectivity index (χ1v) is 7.68. The van der Waals surface area contributed by atoms with Gasteiger partial charge in [-0.3, -0.25) is 9.59 Å². The summed E-state index contributed by atoms with van der Waals surface area (Å²) in [4.78, 5) is 25.5. The topological polar surface area (TPSA) is 61.4 Å². The van der Waals surface area contributed by atoms with Gasteiger partial charge in [0, 0.05) is 38.7 Å². The zero-order valence-corrected chi connectivity index (χ0v) is 14.3. The smallest absolute Gasteiger partial charge is 0.254 e. The van der Waals surface area contributed by atoms with Gasteiger partial charge in [0.1, 0.15) is 11.6 Å². The van der Waals surface area contributed by atoms with Crippen LogP contribution in [-0.2, 0) is 4.79 Å². The van der Waals surface area contributed by atoms with Crippen molar-refractivity contribution in [3.05, 3.63) is 35.4 Å². The fourth-order valence-electron chi connectivity index (χ4n) is 2.56. The third-order valence-electron chi connectivity index (χ3n) is 4.00. The molecule has 0 bridgehead atoms. The molecule has 1 fully saturated rings. The second-order valence-corrected chi connectivity index (χ2v) is 5.63. The summed E-state index contributed by atoms with van der Waals surface area (Å²) in [6, 6.07) is 3.03. The van der Waals surface area contributed by atoms with Crippen molar-refractivity contribution in [2.45, 2.75) is 25.3 Å². The van der Waals surface area contributed by atoms with Gasteiger partial charge in [0.25, 0.3) is 5.91 Å². The molecule has 2 N–H and O–H groups in total. The molecule has 1 saturated heterocycles. The normalized spacial score (nSPS) is 16.4. The molecule has 24 heavy (non-hydrogen) atoms. The second kappa shape index (κ2) is 9.54. The van der Waals surface area contributed by atoms with Gasteiger partial charge in [0.15, 0.2) is 0 Å². The van der Waals surface area contributed by atoms with E-state index in [1.165, 1.54) is 0 Å². The molecule has 1 aliphatic rings. The molecule has 1 aromatic rings. The standard InChI is InChI=1S/C16H21F2N3O2.ClH/c1-21(12-6-8-19-10-12)15(22)3-2-7-20-16(23)13-5-4-11(17)9-14(13)18;/h4-5,9,12,19H,2-3,6-8,10H2,1H3,(H,20,23);1H. The Balaban J connectivity index is 0.00000288. The zero-order valence-electron chi connectivity index (χ0n) is 13.5. The van der Waals surface area contributed by atoms with E-state index < -0.39 is 17.5 Å². The maximum atomic E-state index is 13.4. The lowest BCUT2D eigenvalue weighted by Crippen LogP contribution is -2.38. The van der Waals surface area contributed by atoms with Crippen LogP contribution >= 0.6 is 12.4 Å². The quantitative estimate of drug-likeness (QED) is 0.758. The van der Waals surface area contributed by atoms with E-state index in [0.29, 0.717) is 18.9 Å². The summed E-state index contributed by atoms with van der Waals surface area (Å²) >= 11 is 0. The first-order chi connectivity index (χ1) is 11.0. The second-order valence-electron chi connectivity index (χ2n) is 5.63. The van der Waals surface area contributed by atoms with Crippen molar-refractivity contribution in [3.8, 4) is 0 Å². The molecule has 5 nitrogen and oxygen atoms in total. The van der Waals surface area contributed by atoms with Gasteiger partial charge in [-0.2, -0.15) is 0 Å². The first kappa shape index (κ1) is 20.3. The Morgan fingerprint density at radius 3 is 2.75 bits per heavy atom. The van der Waals surface area contributed by atoms with Crippen molar-refractivity contribution < 1.29 is 18.4 Å².